The number of carbonyl (C=O) groups is 1. The highest BCUT2D eigenvalue weighted by molar-refractivity contribution is 6.06. The molecule has 1 aromatic heterocycles. The molecule has 1 amide bonds. The van der Waals surface area contributed by atoms with Crippen molar-refractivity contribution in [3.8, 4) is 17.6 Å². The van der Waals surface area contributed by atoms with Crippen LogP contribution in [0.15, 0.2) is 59.9 Å². The Morgan fingerprint density at radius 1 is 1.23 bits per heavy atom. The first-order chi connectivity index (χ1) is 15.1. The maximum absolute atomic E-state index is 13.5. The second-order valence-electron chi connectivity index (χ2n) is 7.41. The van der Waals surface area contributed by atoms with Crippen LogP contribution in [-0.2, 0) is 4.79 Å². The molecule has 154 valence electrons. The van der Waals surface area contributed by atoms with Gasteiger partial charge < -0.3 is 20.1 Å². The second kappa shape index (κ2) is 7.22. The highest BCUT2D eigenvalue weighted by Gasteiger charge is 2.35. The van der Waals surface area contributed by atoms with Gasteiger partial charge >= 0.3 is 0 Å². The number of carbonyl (C=O) groups excluding carboxylic acids is 1. The Kier molecular flexibility index (Phi) is 4.37. The highest BCUT2D eigenvalue weighted by atomic mass is 16.7. The Morgan fingerprint density at radius 3 is 2.84 bits per heavy atom. The number of ether oxygens (including phenoxy) is 2. The first-order valence-corrected chi connectivity index (χ1v) is 9.78. The summed E-state index contributed by atoms with van der Waals surface area (Å²) in [6.45, 7) is 3.92. The molecule has 2 aromatic carbocycles. The van der Waals surface area contributed by atoms with E-state index in [1.54, 1.807) is 4.68 Å². The molecule has 3 aromatic rings. The molecule has 3 heterocycles. The van der Waals surface area contributed by atoms with Gasteiger partial charge in [-0.1, -0.05) is 24.3 Å². The third-order valence-electron chi connectivity index (χ3n) is 5.49. The van der Waals surface area contributed by atoms with Crippen LogP contribution < -0.4 is 20.1 Å². The zero-order valence-electron chi connectivity index (χ0n) is 17.0. The summed E-state index contributed by atoms with van der Waals surface area (Å²) in [6, 6.07) is 14.8. The minimum atomic E-state index is -0.545. The van der Waals surface area contributed by atoms with Gasteiger partial charge in [0.1, 0.15) is 23.5 Å². The number of benzene rings is 2. The summed E-state index contributed by atoms with van der Waals surface area (Å²) >= 11 is 0. The van der Waals surface area contributed by atoms with Crippen LogP contribution in [-0.4, -0.2) is 22.5 Å². The Morgan fingerprint density at radius 2 is 2.03 bits per heavy atom. The van der Waals surface area contributed by atoms with E-state index in [0.717, 1.165) is 16.8 Å². The standard InChI is InChI=1S/C23H19N5O3/c1-13-5-3-4-6-17(13)27-23(29)20-14(2)26-22-16(10-24)11-25-28(22)21(20)15-7-8-18-19(9-15)31-12-30-18/h3-9,11,21,26H,12H2,1-2H3,(H,27,29)/t21-/m1/s1. The van der Waals surface area contributed by atoms with Crippen molar-refractivity contribution in [1.29, 1.82) is 5.26 Å². The lowest BCUT2D eigenvalue weighted by atomic mass is 9.94. The number of rotatable bonds is 3. The van der Waals surface area contributed by atoms with Crippen LogP contribution in [0.2, 0.25) is 0 Å². The topological polar surface area (TPSA) is 101 Å². The Hall–Kier alpha value is -4.25. The third kappa shape index (κ3) is 3.07. The zero-order valence-corrected chi connectivity index (χ0v) is 17.0. The molecule has 0 saturated heterocycles. The predicted octanol–water partition coefficient (Wildman–Crippen LogP) is 3.72. The van der Waals surface area contributed by atoms with Gasteiger partial charge in [-0.2, -0.15) is 10.4 Å². The molecule has 1 atom stereocenters. The number of nitriles is 1. The fourth-order valence-corrected chi connectivity index (χ4v) is 3.93. The summed E-state index contributed by atoms with van der Waals surface area (Å²) in [7, 11) is 0. The number of fused-ring (bicyclic) bond motifs is 2. The van der Waals surface area contributed by atoms with Crippen LogP contribution in [0.4, 0.5) is 11.5 Å². The molecule has 2 aliphatic heterocycles. The van der Waals surface area contributed by atoms with Crippen molar-refractivity contribution < 1.29 is 14.3 Å². The van der Waals surface area contributed by atoms with E-state index in [1.165, 1.54) is 6.20 Å². The van der Waals surface area contributed by atoms with Gasteiger partial charge in [0.25, 0.3) is 5.91 Å². The molecule has 31 heavy (non-hydrogen) atoms. The molecular formula is C23H19N5O3. The number of hydrogen-bond acceptors (Lipinski definition) is 6. The minimum absolute atomic E-state index is 0.159. The van der Waals surface area contributed by atoms with Crippen LogP contribution in [0, 0.1) is 18.3 Å². The number of amides is 1. The molecule has 2 aliphatic rings. The van der Waals surface area contributed by atoms with Gasteiger partial charge in [0.2, 0.25) is 6.79 Å². The molecule has 0 bridgehead atoms. The minimum Gasteiger partial charge on any atom is -0.454 e. The van der Waals surface area contributed by atoms with Gasteiger partial charge in [-0.3, -0.25) is 4.79 Å². The average molecular weight is 413 g/mol. The van der Waals surface area contributed by atoms with Crippen LogP contribution in [0.5, 0.6) is 11.5 Å². The van der Waals surface area contributed by atoms with Crippen LogP contribution in [0.25, 0.3) is 0 Å². The number of aryl methyl sites for hydroxylation is 1. The Balaban J connectivity index is 1.62. The van der Waals surface area contributed by atoms with Gasteiger partial charge in [0.15, 0.2) is 11.5 Å². The predicted molar refractivity (Wildman–Crippen MR) is 114 cm³/mol. The van der Waals surface area contributed by atoms with Gasteiger partial charge in [0, 0.05) is 11.4 Å². The number of aromatic nitrogens is 2. The van der Waals surface area contributed by atoms with E-state index in [0.29, 0.717) is 34.2 Å². The van der Waals surface area contributed by atoms with Crippen molar-refractivity contribution in [2.45, 2.75) is 19.9 Å². The van der Waals surface area contributed by atoms with Crippen molar-refractivity contribution in [1.82, 2.24) is 9.78 Å². The maximum atomic E-state index is 13.5. The van der Waals surface area contributed by atoms with Crippen molar-refractivity contribution in [2.24, 2.45) is 0 Å². The maximum Gasteiger partial charge on any atom is 0.255 e. The van der Waals surface area contributed by atoms with Gasteiger partial charge in [-0.05, 0) is 43.2 Å². The Bertz CT molecular complexity index is 1280. The number of para-hydroxylation sites is 1. The number of nitrogens with zero attached hydrogens (tertiary/aromatic N) is 3. The van der Waals surface area contributed by atoms with Crippen molar-refractivity contribution >= 4 is 17.4 Å². The number of allylic oxidation sites excluding steroid dienone is 1. The molecule has 0 unspecified atom stereocenters. The zero-order chi connectivity index (χ0) is 21.5. The summed E-state index contributed by atoms with van der Waals surface area (Å²) in [5, 5.41) is 20.1. The summed E-state index contributed by atoms with van der Waals surface area (Å²) < 4.78 is 12.6. The quantitative estimate of drug-likeness (QED) is 0.679. The number of anilines is 2. The fraction of sp³-hybridized carbons (Fsp3) is 0.174. The van der Waals surface area contributed by atoms with E-state index in [4.69, 9.17) is 9.47 Å². The van der Waals surface area contributed by atoms with Crippen molar-refractivity contribution in [3.63, 3.8) is 0 Å². The van der Waals surface area contributed by atoms with Crippen LogP contribution in [0.3, 0.4) is 0 Å². The van der Waals surface area contributed by atoms with E-state index < -0.39 is 6.04 Å². The number of hydrogen-bond donors (Lipinski definition) is 2. The lowest BCUT2D eigenvalue weighted by Crippen LogP contribution is -2.31. The Labute approximate surface area is 178 Å². The van der Waals surface area contributed by atoms with E-state index in [1.807, 2.05) is 56.3 Å². The molecule has 0 aliphatic carbocycles. The monoisotopic (exact) mass is 413 g/mol. The van der Waals surface area contributed by atoms with E-state index >= 15 is 0 Å². The lowest BCUT2D eigenvalue weighted by Gasteiger charge is -2.30. The van der Waals surface area contributed by atoms with Crippen LogP contribution in [0.1, 0.15) is 29.7 Å². The third-order valence-corrected chi connectivity index (χ3v) is 5.49. The van der Waals surface area contributed by atoms with Crippen LogP contribution >= 0.6 is 0 Å². The van der Waals surface area contributed by atoms with Crippen molar-refractivity contribution in [2.75, 3.05) is 17.4 Å². The largest absolute Gasteiger partial charge is 0.454 e. The van der Waals surface area contributed by atoms with Gasteiger partial charge in [-0.25, -0.2) is 4.68 Å². The SMILES string of the molecule is CC1=C(C(=O)Nc2ccccc2C)[C@@H](c2ccc3c(c2)OCO3)n2ncc(C#N)c2N1. The molecule has 5 rings (SSSR count). The first kappa shape index (κ1) is 18.8. The second-order valence-corrected chi connectivity index (χ2v) is 7.41. The molecule has 0 saturated carbocycles. The lowest BCUT2D eigenvalue weighted by molar-refractivity contribution is -0.113. The molecule has 2 N–H and O–H groups in total. The summed E-state index contributed by atoms with van der Waals surface area (Å²) in [5.41, 5.74) is 4.06. The van der Waals surface area contributed by atoms with Gasteiger partial charge in [0.05, 0.1) is 11.8 Å². The smallest absolute Gasteiger partial charge is 0.255 e. The molecule has 0 spiro atoms. The molecule has 8 heteroatoms. The molecule has 0 fully saturated rings. The molecule has 8 nitrogen and oxygen atoms in total. The molecule has 0 radical (unpaired) electrons. The van der Waals surface area contributed by atoms with E-state index in [-0.39, 0.29) is 12.7 Å². The summed E-state index contributed by atoms with van der Waals surface area (Å²) in [6.07, 6.45) is 1.50. The summed E-state index contributed by atoms with van der Waals surface area (Å²) in [5.74, 6) is 1.57. The summed E-state index contributed by atoms with van der Waals surface area (Å²) in [4.78, 5) is 13.5. The van der Waals surface area contributed by atoms with Crippen molar-refractivity contribution in [3.05, 3.63) is 76.6 Å². The number of nitrogens with one attached hydrogen (secondary N) is 2. The van der Waals surface area contributed by atoms with E-state index in [9.17, 15) is 10.1 Å². The first-order valence-electron chi connectivity index (χ1n) is 9.78. The average Bonchev–Trinajstić information content (AvgIpc) is 3.40. The van der Waals surface area contributed by atoms with Gasteiger partial charge in [-0.15, -0.1) is 0 Å². The normalized spacial score (nSPS) is 16.4. The highest BCUT2D eigenvalue weighted by Crippen LogP contribution is 2.41. The molecular weight excluding hydrogens is 394 g/mol. The van der Waals surface area contributed by atoms with E-state index in [2.05, 4.69) is 21.8 Å². The fourth-order valence-electron chi connectivity index (χ4n) is 3.93.